The lowest BCUT2D eigenvalue weighted by Gasteiger charge is -2.13. The number of nitrogens with one attached hydrogen (secondary N) is 1. The first-order valence-corrected chi connectivity index (χ1v) is 7.80. The maximum atomic E-state index is 9.83. The first kappa shape index (κ1) is 15.3. The summed E-state index contributed by atoms with van der Waals surface area (Å²) in [6.07, 6.45) is 0.435. The monoisotopic (exact) mass is 311 g/mol. The van der Waals surface area contributed by atoms with Crippen LogP contribution in [0.2, 0.25) is 5.02 Å². The molecule has 1 heterocycles. The summed E-state index contributed by atoms with van der Waals surface area (Å²) in [5, 5.41) is 15.7. The number of benzene rings is 1. The number of aliphatic hydroxyl groups is 1. The molecular formula is C15H18ClNO2S. The second kappa shape index (κ2) is 8.27. The zero-order chi connectivity index (χ0) is 14.2. The minimum atomic E-state index is -0.547. The maximum absolute atomic E-state index is 9.83. The van der Waals surface area contributed by atoms with Gasteiger partial charge in [0.15, 0.2) is 0 Å². The van der Waals surface area contributed by atoms with Crippen molar-refractivity contribution in [3.63, 3.8) is 0 Å². The van der Waals surface area contributed by atoms with Gasteiger partial charge in [-0.15, -0.1) is 11.3 Å². The third kappa shape index (κ3) is 5.13. The Bertz CT molecular complexity index is 504. The van der Waals surface area contributed by atoms with Crippen LogP contribution in [-0.4, -0.2) is 30.9 Å². The molecule has 1 aromatic carbocycles. The van der Waals surface area contributed by atoms with Crippen molar-refractivity contribution in [2.45, 2.75) is 12.5 Å². The van der Waals surface area contributed by atoms with Gasteiger partial charge in [-0.2, -0.15) is 0 Å². The highest BCUT2D eigenvalue weighted by molar-refractivity contribution is 7.09. The number of ether oxygens (including phenoxy) is 1. The van der Waals surface area contributed by atoms with E-state index >= 15 is 0 Å². The van der Waals surface area contributed by atoms with Gasteiger partial charge in [0.1, 0.15) is 18.5 Å². The number of halogens is 1. The summed E-state index contributed by atoms with van der Waals surface area (Å²) in [7, 11) is 0. The Balaban J connectivity index is 1.61. The van der Waals surface area contributed by atoms with Crippen molar-refractivity contribution in [3.8, 4) is 5.75 Å². The molecule has 1 atom stereocenters. The van der Waals surface area contributed by atoms with Gasteiger partial charge < -0.3 is 15.2 Å². The fourth-order valence-electron chi connectivity index (χ4n) is 1.74. The molecule has 0 aliphatic rings. The average Bonchev–Trinajstić information content (AvgIpc) is 2.96. The van der Waals surface area contributed by atoms with Crippen molar-refractivity contribution in [2.75, 3.05) is 19.7 Å². The fourth-order valence-corrected chi connectivity index (χ4v) is 2.64. The number of hydrogen-bond donors (Lipinski definition) is 2. The van der Waals surface area contributed by atoms with Crippen molar-refractivity contribution >= 4 is 22.9 Å². The fraction of sp³-hybridized carbons (Fsp3) is 0.333. The third-order valence-corrected chi connectivity index (χ3v) is 4.02. The number of thiophene rings is 1. The van der Waals surface area contributed by atoms with E-state index in [1.165, 1.54) is 4.88 Å². The molecule has 0 spiro atoms. The van der Waals surface area contributed by atoms with Crippen molar-refractivity contribution in [1.82, 2.24) is 5.32 Å². The Morgan fingerprint density at radius 1 is 1.25 bits per heavy atom. The van der Waals surface area contributed by atoms with Crippen molar-refractivity contribution in [2.24, 2.45) is 0 Å². The molecule has 0 aliphatic heterocycles. The molecule has 2 rings (SSSR count). The molecule has 2 N–H and O–H groups in total. The van der Waals surface area contributed by atoms with Gasteiger partial charge in [-0.25, -0.2) is 0 Å². The summed E-state index contributed by atoms with van der Waals surface area (Å²) in [5.74, 6) is 0.604. The predicted octanol–water partition coefficient (Wildman–Crippen LogP) is 2.97. The van der Waals surface area contributed by atoms with Crippen molar-refractivity contribution in [1.29, 1.82) is 0 Å². The molecule has 1 aromatic heterocycles. The van der Waals surface area contributed by atoms with Crippen LogP contribution >= 0.6 is 22.9 Å². The SMILES string of the molecule is OC(CNCCc1cccs1)COc1ccccc1Cl. The normalized spacial score (nSPS) is 12.3. The van der Waals surface area contributed by atoms with Crippen LogP contribution < -0.4 is 10.1 Å². The first-order valence-electron chi connectivity index (χ1n) is 6.54. The number of hydrogen-bond acceptors (Lipinski definition) is 4. The highest BCUT2D eigenvalue weighted by Gasteiger charge is 2.06. The Hall–Kier alpha value is -1.07. The minimum Gasteiger partial charge on any atom is -0.489 e. The summed E-state index contributed by atoms with van der Waals surface area (Å²) in [6.45, 7) is 1.59. The Labute approximate surface area is 128 Å². The lowest BCUT2D eigenvalue weighted by Crippen LogP contribution is -2.32. The van der Waals surface area contributed by atoms with Crippen LogP contribution in [0.3, 0.4) is 0 Å². The Kier molecular flexibility index (Phi) is 6.33. The van der Waals surface area contributed by atoms with Gasteiger partial charge in [0, 0.05) is 18.0 Å². The van der Waals surface area contributed by atoms with Gasteiger partial charge in [0.25, 0.3) is 0 Å². The van der Waals surface area contributed by atoms with E-state index < -0.39 is 6.10 Å². The summed E-state index contributed by atoms with van der Waals surface area (Å²) >= 11 is 7.72. The van der Waals surface area contributed by atoms with E-state index in [1.807, 2.05) is 18.2 Å². The van der Waals surface area contributed by atoms with E-state index in [-0.39, 0.29) is 6.61 Å². The standard InChI is InChI=1S/C15H18ClNO2S/c16-14-5-1-2-6-15(14)19-11-12(18)10-17-8-7-13-4-3-9-20-13/h1-6,9,12,17-18H,7-8,10-11H2. The van der Waals surface area contributed by atoms with Gasteiger partial charge in [0.2, 0.25) is 0 Å². The van der Waals surface area contributed by atoms with E-state index in [2.05, 4.69) is 16.8 Å². The molecule has 0 fully saturated rings. The van der Waals surface area contributed by atoms with Crippen LogP contribution in [0.1, 0.15) is 4.88 Å². The zero-order valence-electron chi connectivity index (χ0n) is 11.1. The molecule has 3 nitrogen and oxygen atoms in total. The molecule has 108 valence electrons. The van der Waals surface area contributed by atoms with Crippen molar-refractivity contribution in [3.05, 3.63) is 51.7 Å². The second-order valence-corrected chi connectivity index (χ2v) is 5.87. The summed E-state index contributed by atoms with van der Waals surface area (Å²) < 4.78 is 5.48. The van der Waals surface area contributed by atoms with E-state index in [9.17, 15) is 5.11 Å². The number of para-hydroxylation sites is 1. The van der Waals surface area contributed by atoms with Crippen LogP contribution in [-0.2, 0) is 6.42 Å². The van der Waals surface area contributed by atoms with Gasteiger partial charge in [0.05, 0.1) is 5.02 Å². The zero-order valence-corrected chi connectivity index (χ0v) is 12.7. The molecule has 0 radical (unpaired) electrons. The molecule has 0 bridgehead atoms. The van der Waals surface area contributed by atoms with Gasteiger partial charge in [-0.05, 0) is 30.0 Å². The van der Waals surface area contributed by atoms with E-state index in [1.54, 1.807) is 23.5 Å². The Morgan fingerprint density at radius 2 is 2.10 bits per heavy atom. The van der Waals surface area contributed by atoms with Crippen LogP contribution in [0.5, 0.6) is 5.75 Å². The average molecular weight is 312 g/mol. The van der Waals surface area contributed by atoms with Gasteiger partial charge >= 0.3 is 0 Å². The number of aliphatic hydroxyl groups excluding tert-OH is 1. The van der Waals surface area contributed by atoms with E-state index in [4.69, 9.17) is 16.3 Å². The van der Waals surface area contributed by atoms with Crippen LogP contribution in [0.25, 0.3) is 0 Å². The molecule has 0 amide bonds. The van der Waals surface area contributed by atoms with Gasteiger partial charge in [-0.1, -0.05) is 29.8 Å². The second-order valence-electron chi connectivity index (χ2n) is 4.43. The predicted molar refractivity (Wildman–Crippen MR) is 83.8 cm³/mol. The molecule has 0 saturated heterocycles. The smallest absolute Gasteiger partial charge is 0.138 e. The highest BCUT2D eigenvalue weighted by Crippen LogP contribution is 2.22. The highest BCUT2D eigenvalue weighted by atomic mass is 35.5. The van der Waals surface area contributed by atoms with Crippen LogP contribution in [0, 0.1) is 0 Å². The molecule has 0 saturated carbocycles. The van der Waals surface area contributed by atoms with Crippen LogP contribution in [0.15, 0.2) is 41.8 Å². The first-order chi connectivity index (χ1) is 9.75. The lowest BCUT2D eigenvalue weighted by atomic mass is 10.3. The van der Waals surface area contributed by atoms with E-state index in [0.717, 1.165) is 13.0 Å². The number of rotatable bonds is 8. The molecular weight excluding hydrogens is 294 g/mol. The Morgan fingerprint density at radius 3 is 2.85 bits per heavy atom. The van der Waals surface area contributed by atoms with E-state index in [0.29, 0.717) is 17.3 Å². The molecule has 0 aliphatic carbocycles. The summed E-state index contributed by atoms with van der Waals surface area (Å²) in [4.78, 5) is 1.35. The molecule has 20 heavy (non-hydrogen) atoms. The summed E-state index contributed by atoms with van der Waals surface area (Å²) in [6, 6.07) is 11.4. The topological polar surface area (TPSA) is 41.5 Å². The molecule has 1 unspecified atom stereocenters. The molecule has 2 aromatic rings. The molecule has 5 heteroatoms. The van der Waals surface area contributed by atoms with Crippen LogP contribution in [0.4, 0.5) is 0 Å². The van der Waals surface area contributed by atoms with Gasteiger partial charge in [-0.3, -0.25) is 0 Å². The van der Waals surface area contributed by atoms with Crippen molar-refractivity contribution < 1.29 is 9.84 Å². The quantitative estimate of drug-likeness (QED) is 0.737. The lowest BCUT2D eigenvalue weighted by molar-refractivity contribution is 0.107. The largest absolute Gasteiger partial charge is 0.489 e. The third-order valence-electron chi connectivity index (χ3n) is 2.78. The summed E-state index contributed by atoms with van der Waals surface area (Å²) in [5.41, 5.74) is 0. The minimum absolute atomic E-state index is 0.232. The maximum Gasteiger partial charge on any atom is 0.138 e.